The SMILES string of the molecule is C#CCCC1(CCC(=O)NC2Cc3ccccc3C2C(=O)OC)N=N1. The lowest BCUT2D eigenvalue weighted by atomic mass is 9.97. The smallest absolute Gasteiger partial charge is 0.315 e. The van der Waals surface area contributed by atoms with Crippen molar-refractivity contribution in [3.8, 4) is 12.3 Å². The summed E-state index contributed by atoms with van der Waals surface area (Å²) in [6, 6.07) is 7.44. The molecule has 6 heteroatoms. The highest BCUT2D eigenvalue weighted by atomic mass is 16.5. The molecule has 1 aromatic carbocycles. The van der Waals surface area contributed by atoms with Crippen LogP contribution in [-0.2, 0) is 20.7 Å². The number of hydrogen-bond donors (Lipinski definition) is 1. The van der Waals surface area contributed by atoms with E-state index in [0.717, 1.165) is 11.1 Å². The summed E-state index contributed by atoms with van der Waals surface area (Å²) in [5, 5.41) is 11.1. The number of nitrogens with zero attached hydrogens (tertiary/aromatic N) is 2. The molecule has 0 saturated heterocycles. The van der Waals surface area contributed by atoms with Gasteiger partial charge in [0.05, 0.1) is 13.2 Å². The molecule has 1 aliphatic carbocycles. The normalized spacial score (nSPS) is 21.9. The maximum Gasteiger partial charge on any atom is 0.315 e. The van der Waals surface area contributed by atoms with Crippen LogP contribution < -0.4 is 5.32 Å². The predicted octanol–water partition coefficient (Wildman–Crippen LogP) is 2.34. The Morgan fingerprint density at radius 1 is 1.36 bits per heavy atom. The van der Waals surface area contributed by atoms with E-state index in [1.807, 2.05) is 24.3 Å². The molecule has 1 amide bonds. The number of hydrogen-bond acceptors (Lipinski definition) is 5. The number of carbonyl (C=O) groups is 2. The summed E-state index contributed by atoms with van der Waals surface area (Å²) in [6.07, 6.45) is 8.01. The fourth-order valence-electron chi connectivity index (χ4n) is 3.41. The van der Waals surface area contributed by atoms with E-state index in [2.05, 4.69) is 21.5 Å². The van der Waals surface area contributed by atoms with E-state index in [1.165, 1.54) is 7.11 Å². The predicted molar refractivity (Wildman–Crippen MR) is 91.7 cm³/mol. The largest absolute Gasteiger partial charge is 0.468 e. The van der Waals surface area contributed by atoms with Crippen molar-refractivity contribution < 1.29 is 14.3 Å². The lowest BCUT2D eigenvalue weighted by Gasteiger charge is -2.20. The quantitative estimate of drug-likeness (QED) is 0.611. The fourth-order valence-corrected chi connectivity index (χ4v) is 3.41. The molecule has 0 bridgehead atoms. The molecule has 0 aromatic heterocycles. The highest BCUT2D eigenvalue weighted by Crippen LogP contribution is 2.38. The number of benzene rings is 1. The van der Waals surface area contributed by atoms with E-state index in [-0.39, 0.29) is 17.9 Å². The van der Waals surface area contributed by atoms with Gasteiger partial charge in [-0.25, -0.2) is 0 Å². The first-order valence-corrected chi connectivity index (χ1v) is 8.41. The summed E-state index contributed by atoms with van der Waals surface area (Å²) in [5.41, 5.74) is 1.53. The van der Waals surface area contributed by atoms with Gasteiger partial charge in [-0.15, -0.1) is 12.3 Å². The van der Waals surface area contributed by atoms with Gasteiger partial charge in [0.15, 0.2) is 5.66 Å². The molecule has 6 nitrogen and oxygen atoms in total. The maximum absolute atomic E-state index is 12.4. The number of esters is 1. The zero-order valence-corrected chi connectivity index (χ0v) is 14.2. The van der Waals surface area contributed by atoms with Crippen molar-refractivity contribution in [1.29, 1.82) is 0 Å². The van der Waals surface area contributed by atoms with E-state index < -0.39 is 11.6 Å². The van der Waals surface area contributed by atoms with Gasteiger partial charge in [0.25, 0.3) is 0 Å². The van der Waals surface area contributed by atoms with Crippen LogP contribution in [0.15, 0.2) is 34.5 Å². The first-order valence-electron chi connectivity index (χ1n) is 8.41. The van der Waals surface area contributed by atoms with Crippen molar-refractivity contribution in [3.05, 3.63) is 35.4 Å². The van der Waals surface area contributed by atoms with Gasteiger partial charge >= 0.3 is 5.97 Å². The number of carbonyl (C=O) groups excluding carboxylic acids is 2. The summed E-state index contributed by atoms with van der Waals surface area (Å²) >= 11 is 0. The minimum absolute atomic E-state index is 0.107. The molecule has 0 spiro atoms. The minimum atomic E-state index is -0.468. The minimum Gasteiger partial charge on any atom is -0.468 e. The molecule has 130 valence electrons. The second-order valence-electron chi connectivity index (χ2n) is 6.46. The van der Waals surface area contributed by atoms with E-state index in [1.54, 1.807) is 0 Å². The number of methoxy groups -OCH3 is 1. The lowest BCUT2D eigenvalue weighted by Crippen LogP contribution is -2.41. The van der Waals surface area contributed by atoms with Gasteiger partial charge < -0.3 is 10.1 Å². The van der Waals surface area contributed by atoms with Crippen LogP contribution in [-0.4, -0.2) is 30.7 Å². The highest BCUT2D eigenvalue weighted by molar-refractivity contribution is 5.83. The van der Waals surface area contributed by atoms with Gasteiger partial charge in [-0.1, -0.05) is 24.3 Å². The summed E-state index contributed by atoms with van der Waals surface area (Å²) in [5.74, 6) is 1.68. The molecule has 0 radical (unpaired) electrons. The first kappa shape index (κ1) is 17.2. The fraction of sp³-hybridized carbons (Fsp3) is 0.474. The first-order chi connectivity index (χ1) is 12.1. The standard InChI is InChI=1S/C19H21N3O3/c1-3-4-10-19(21-22-19)11-9-16(23)20-15-12-13-7-5-6-8-14(13)17(15)18(24)25-2/h1,5-8,15,17H,4,9-12H2,2H3,(H,20,23). The lowest BCUT2D eigenvalue weighted by molar-refractivity contribution is -0.143. The van der Waals surface area contributed by atoms with Crippen molar-refractivity contribution in [2.75, 3.05) is 7.11 Å². The van der Waals surface area contributed by atoms with Gasteiger partial charge in [0.1, 0.15) is 5.92 Å². The maximum atomic E-state index is 12.4. The summed E-state index contributed by atoms with van der Waals surface area (Å²) in [7, 11) is 1.37. The van der Waals surface area contributed by atoms with Crippen LogP contribution in [0.3, 0.4) is 0 Å². The van der Waals surface area contributed by atoms with Gasteiger partial charge in [-0.3, -0.25) is 9.59 Å². The van der Waals surface area contributed by atoms with Crippen molar-refractivity contribution in [3.63, 3.8) is 0 Å². The molecule has 2 unspecified atom stereocenters. The third kappa shape index (κ3) is 3.71. The zero-order chi connectivity index (χ0) is 17.9. The van der Waals surface area contributed by atoms with Crippen LogP contribution in [0.1, 0.15) is 42.7 Å². The summed E-state index contributed by atoms with van der Waals surface area (Å²) < 4.78 is 4.93. The molecule has 0 fully saturated rings. The molecule has 3 rings (SSSR count). The second kappa shape index (κ2) is 7.06. The summed E-state index contributed by atoms with van der Waals surface area (Å²) in [4.78, 5) is 24.6. The van der Waals surface area contributed by atoms with E-state index in [4.69, 9.17) is 11.2 Å². The van der Waals surface area contributed by atoms with E-state index in [0.29, 0.717) is 32.1 Å². The Kier molecular flexibility index (Phi) is 4.84. The molecule has 0 saturated carbocycles. The van der Waals surface area contributed by atoms with Crippen LogP contribution in [0.2, 0.25) is 0 Å². The number of terminal acetylenes is 1. The Bertz CT molecular complexity index is 745. The second-order valence-corrected chi connectivity index (χ2v) is 6.46. The number of rotatable bonds is 7. The Labute approximate surface area is 147 Å². The van der Waals surface area contributed by atoms with Crippen molar-refractivity contribution in [1.82, 2.24) is 5.32 Å². The molecule has 1 aromatic rings. The van der Waals surface area contributed by atoms with Crippen LogP contribution in [0.4, 0.5) is 0 Å². The molecular weight excluding hydrogens is 318 g/mol. The van der Waals surface area contributed by atoms with Gasteiger partial charge in [0.2, 0.25) is 5.91 Å². The van der Waals surface area contributed by atoms with Gasteiger partial charge in [-0.05, 0) is 17.5 Å². The molecule has 1 heterocycles. The van der Waals surface area contributed by atoms with Gasteiger partial charge in [-0.2, -0.15) is 10.2 Å². The van der Waals surface area contributed by atoms with Crippen LogP contribution >= 0.6 is 0 Å². The molecule has 2 aliphatic rings. The van der Waals surface area contributed by atoms with Crippen LogP contribution in [0.25, 0.3) is 0 Å². The molecule has 1 N–H and O–H groups in total. The Morgan fingerprint density at radius 3 is 2.80 bits per heavy atom. The average molecular weight is 339 g/mol. The third-order valence-electron chi connectivity index (χ3n) is 4.84. The van der Waals surface area contributed by atoms with Crippen molar-refractivity contribution in [2.45, 2.75) is 49.7 Å². The molecular formula is C19H21N3O3. The van der Waals surface area contributed by atoms with Crippen LogP contribution in [0.5, 0.6) is 0 Å². The number of fused-ring (bicyclic) bond motifs is 1. The molecule has 1 aliphatic heterocycles. The zero-order valence-electron chi connectivity index (χ0n) is 14.2. The monoisotopic (exact) mass is 339 g/mol. The Morgan fingerprint density at radius 2 is 2.12 bits per heavy atom. The highest BCUT2D eigenvalue weighted by Gasteiger charge is 2.41. The third-order valence-corrected chi connectivity index (χ3v) is 4.84. The Balaban J connectivity index is 1.59. The average Bonchev–Trinajstić information content (AvgIpc) is 3.31. The van der Waals surface area contributed by atoms with Crippen LogP contribution in [0, 0.1) is 12.3 Å². The number of ether oxygens (including phenoxy) is 1. The van der Waals surface area contributed by atoms with Crippen molar-refractivity contribution >= 4 is 11.9 Å². The molecule has 25 heavy (non-hydrogen) atoms. The van der Waals surface area contributed by atoms with E-state index >= 15 is 0 Å². The topological polar surface area (TPSA) is 80.1 Å². The summed E-state index contributed by atoms with van der Waals surface area (Å²) in [6.45, 7) is 0. The number of amides is 1. The molecule has 2 atom stereocenters. The number of nitrogens with one attached hydrogen (secondary N) is 1. The van der Waals surface area contributed by atoms with Crippen molar-refractivity contribution in [2.24, 2.45) is 10.2 Å². The van der Waals surface area contributed by atoms with Gasteiger partial charge in [0, 0.05) is 25.7 Å². The Hall–Kier alpha value is -2.68. The van der Waals surface area contributed by atoms with E-state index in [9.17, 15) is 9.59 Å².